The van der Waals surface area contributed by atoms with E-state index in [9.17, 15) is 19.2 Å². The second-order valence-corrected chi connectivity index (χ2v) is 8.12. The summed E-state index contributed by atoms with van der Waals surface area (Å²) in [5, 5.41) is 0.353. The first kappa shape index (κ1) is 22.3. The largest absolute Gasteiger partial charge is 0.497 e. The van der Waals surface area contributed by atoms with Crippen molar-refractivity contribution in [2.45, 2.75) is 20.4 Å². The monoisotopic (exact) mass is 450 g/mol. The Bertz CT molecular complexity index is 1350. The molecule has 0 bridgehead atoms. The van der Waals surface area contributed by atoms with Crippen LogP contribution in [0, 0.1) is 6.92 Å². The van der Waals surface area contributed by atoms with Gasteiger partial charge >= 0.3 is 5.69 Å². The molecular formula is C24H26N4O5. The minimum Gasteiger partial charge on any atom is -0.497 e. The molecule has 33 heavy (non-hydrogen) atoms. The number of fused-ring (bicyclic) bond motifs is 1. The fourth-order valence-electron chi connectivity index (χ4n) is 4.12. The zero-order chi connectivity index (χ0) is 23.7. The first-order chi connectivity index (χ1) is 15.8. The number of piperazine rings is 1. The molecule has 3 aromatic rings. The first-order valence-corrected chi connectivity index (χ1v) is 10.7. The Hall–Kier alpha value is -3.88. The average Bonchev–Trinajstić information content (AvgIpc) is 2.82. The van der Waals surface area contributed by atoms with Gasteiger partial charge in [-0.1, -0.05) is 17.7 Å². The predicted molar refractivity (Wildman–Crippen MR) is 124 cm³/mol. The number of benzene rings is 2. The lowest BCUT2D eigenvalue weighted by atomic mass is 10.1. The van der Waals surface area contributed by atoms with Gasteiger partial charge in [0.1, 0.15) is 12.3 Å². The SMILES string of the molecule is COc1cccc(-n2c(=O)c3cc(C)ccc3n(CC(=O)N3CCN(C(C)=O)CC3)c2=O)c1. The summed E-state index contributed by atoms with van der Waals surface area (Å²) >= 11 is 0. The van der Waals surface area contributed by atoms with Crippen LogP contribution in [0.4, 0.5) is 0 Å². The average molecular weight is 450 g/mol. The molecule has 0 atom stereocenters. The maximum absolute atomic E-state index is 13.5. The summed E-state index contributed by atoms with van der Waals surface area (Å²) in [5.74, 6) is 0.247. The van der Waals surface area contributed by atoms with Crippen molar-refractivity contribution in [3.63, 3.8) is 0 Å². The van der Waals surface area contributed by atoms with Crippen molar-refractivity contribution >= 4 is 22.7 Å². The molecule has 1 aliphatic rings. The highest BCUT2D eigenvalue weighted by Gasteiger charge is 2.24. The Labute approximate surface area is 190 Å². The lowest BCUT2D eigenvalue weighted by molar-refractivity contribution is -0.138. The van der Waals surface area contributed by atoms with Gasteiger partial charge in [0.25, 0.3) is 5.56 Å². The molecule has 1 fully saturated rings. The molecule has 9 nitrogen and oxygen atoms in total. The normalized spacial score (nSPS) is 13.9. The van der Waals surface area contributed by atoms with Gasteiger partial charge in [-0.15, -0.1) is 0 Å². The molecule has 1 saturated heterocycles. The number of carbonyl (C=O) groups excluding carboxylic acids is 2. The van der Waals surface area contributed by atoms with Crippen LogP contribution in [0.3, 0.4) is 0 Å². The summed E-state index contributed by atoms with van der Waals surface area (Å²) < 4.78 is 7.67. The third-order valence-electron chi connectivity index (χ3n) is 5.98. The molecule has 9 heteroatoms. The van der Waals surface area contributed by atoms with Crippen LogP contribution < -0.4 is 16.0 Å². The zero-order valence-electron chi connectivity index (χ0n) is 18.9. The number of hydrogen-bond acceptors (Lipinski definition) is 5. The first-order valence-electron chi connectivity index (χ1n) is 10.7. The van der Waals surface area contributed by atoms with Gasteiger partial charge in [-0.05, 0) is 31.2 Å². The number of hydrogen-bond donors (Lipinski definition) is 0. The Balaban J connectivity index is 1.79. The van der Waals surface area contributed by atoms with Crippen molar-refractivity contribution < 1.29 is 14.3 Å². The topological polar surface area (TPSA) is 93.8 Å². The molecule has 4 rings (SSSR count). The highest BCUT2D eigenvalue weighted by atomic mass is 16.5. The second kappa shape index (κ2) is 8.93. The fourth-order valence-corrected chi connectivity index (χ4v) is 4.12. The van der Waals surface area contributed by atoms with Gasteiger partial charge in [0.15, 0.2) is 0 Å². The van der Waals surface area contributed by atoms with Crippen molar-refractivity contribution in [1.29, 1.82) is 0 Å². The van der Waals surface area contributed by atoms with Crippen molar-refractivity contribution in [2.75, 3.05) is 33.3 Å². The molecule has 0 aliphatic carbocycles. The van der Waals surface area contributed by atoms with E-state index in [0.717, 1.165) is 10.1 Å². The van der Waals surface area contributed by atoms with Gasteiger partial charge in [-0.3, -0.25) is 19.0 Å². The predicted octanol–water partition coefficient (Wildman–Crippen LogP) is 1.16. The van der Waals surface area contributed by atoms with Crippen molar-refractivity contribution in [3.8, 4) is 11.4 Å². The molecule has 0 saturated carbocycles. The van der Waals surface area contributed by atoms with E-state index in [-0.39, 0.29) is 18.4 Å². The van der Waals surface area contributed by atoms with E-state index in [2.05, 4.69) is 0 Å². The van der Waals surface area contributed by atoms with Crippen LogP contribution in [0.5, 0.6) is 5.75 Å². The van der Waals surface area contributed by atoms with Crippen LogP contribution in [0.2, 0.25) is 0 Å². The molecule has 2 amide bonds. The summed E-state index contributed by atoms with van der Waals surface area (Å²) in [5.41, 5.74) is 0.592. The highest BCUT2D eigenvalue weighted by Crippen LogP contribution is 2.17. The zero-order valence-corrected chi connectivity index (χ0v) is 18.9. The molecular weight excluding hydrogens is 424 g/mol. The van der Waals surface area contributed by atoms with Crippen LogP contribution >= 0.6 is 0 Å². The third-order valence-corrected chi connectivity index (χ3v) is 5.98. The fraction of sp³-hybridized carbons (Fsp3) is 0.333. The quantitative estimate of drug-likeness (QED) is 0.595. The third kappa shape index (κ3) is 4.26. The number of aromatic nitrogens is 2. The van der Waals surface area contributed by atoms with Crippen LogP contribution in [-0.2, 0) is 16.1 Å². The van der Waals surface area contributed by atoms with Crippen molar-refractivity contribution in [2.24, 2.45) is 0 Å². The Morgan fingerprint density at radius 3 is 2.33 bits per heavy atom. The van der Waals surface area contributed by atoms with Crippen molar-refractivity contribution in [3.05, 3.63) is 68.9 Å². The number of methoxy groups -OCH3 is 1. The van der Waals surface area contributed by atoms with Gasteiger partial charge in [0.05, 0.1) is 23.7 Å². The van der Waals surface area contributed by atoms with Gasteiger partial charge in [0.2, 0.25) is 11.8 Å². The van der Waals surface area contributed by atoms with Crippen LogP contribution in [0.25, 0.3) is 16.6 Å². The number of rotatable bonds is 4. The second-order valence-electron chi connectivity index (χ2n) is 8.12. The minimum absolute atomic E-state index is 0.0231. The smallest absolute Gasteiger partial charge is 0.336 e. The summed E-state index contributed by atoms with van der Waals surface area (Å²) in [6.45, 7) is 4.89. The van der Waals surface area contributed by atoms with Crippen LogP contribution in [0.15, 0.2) is 52.1 Å². The highest BCUT2D eigenvalue weighted by molar-refractivity contribution is 5.83. The van der Waals surface area contributed by atoms with E-state index < -0.39 is 11.2 Å². The summed E-state index contributed by atoms with van der Waals surface area (Å²) in [4.78, 5) is 54.8. The number of amides is 2. The van der Waals surface area contributed by atoms with Crippen LogP contribution in [-0.4, -0.2) is 64.0 Å². The van der Waals surface area contributed by atoms with E-state index in [4.69, 9.17) is 4.74 Å². The summed E-state index contributed by atoms with van der Waals surface area (Å²) in [6.07, 6.45) is 0. The lowest BCUT2D eigenvalue weighted by Gasteiger charge is -2.34. The number of carbonyl (C=O) groups is 2. The molecule has 1 aliphatic heterocycles. The Kier molecular flexibility index (Phi) is 6.04. The van der Waals surface area contributed by atoms with E-state index >= 15 is 0 Å². The van der Waals surface area contributed by atoms with Crippen LogP contribution in [0.1, 0.15) is 12.5 Å². The minimum atomic E-state index is -0.597. The molecule has 1 aromatic heterocycles. The molecule has 2 heterocycles. The summed E-state index contributed by atoms with van der Waals surface area (Å²) in [7, 11) is 1.51. The maximum Gasteiger partial charge on any atom is 0.336 e. The Morgan fingerprint density at radius 1 is 0.970 bits per heavy atom. The molecule has 2 aromatic carbocycles. The van der Waals surface area contributed by atoms with E-state index in [0.29, 0.717) is 48.5 Å². The molecule has 172 valence electrons. The van der Waals surface area contributed by atoms with Crippen molar-refractivity contribution in [1.82, 2.24) is 18.9 Å². The number of ether oxygens (including phenoxy) is 1. The molecule has 0 spiro atoms. The number of aryl methyl sites for hydroxylation is 1. The van der Waals surface area contributed by atoms with E-state index in [1.54, 1.807) is 46.2 Å². The lowest BCUT2D eigenvalue weighted by Crippen LogP contribution is -2.51. The standard InChI is InChI=1S/C24H26N4O5/c1-16-7-8-21-20(13-16)23(31)28(18-5-4-6-19(14-18)33-3)24(32)27(21)15-22(30)26-11-9-25(10-12-26)17(2)29/h4-8,13-14H,9-12,15H2,1-3H3. The molecule has 0 unspecified atom stereocenters. The summed E-state index contributed by atoms with van der Waals surface area (Å²) in [6, 6.07) is 11.9. The Morgan fingerprint density at radius 2 is 1.67 bits per heavy atom. The van der Waals surface area contributed by atoms with E-state index in [1.165, 1.54) is 18.6 Å². The number of nitrogens with zero attached hydrogens (tertiary/aromatic N) is 4. The molecule has 0 N–H and O–H groups in total. The van der Waals surface area contributed by atoms with Gasteiger partial charge in [-0.25, -0.2) is 9.36 Å². The van der Waals surface area contributed by atoms with Gasteiger partial charge in [0, 0.05) is 39.2 Å². The van der Waals surface area contributed by atoms with Gasteiger partial charge in [-0.2, -0.15) is 0 Å². The molecule has 0 radical (unpaired) electrons. The van der Waals surface area contributed by atoms with E-state index in [1.807, 2.05) is 13.0 Å². The maximum atomic E-state index is 13.5. The van der Waals surface area contributed by atoms with Gasteiger partial charge < -0.3 is 14.5 Å².